The predicted molar refractivity (Wildman–Crippen MR) is 155 cm³/mol. The van der Waals surface area contributed by atoms with Gasteiger partial charge in [-0.1, -0.05) is 42.1 Å². The average Bonchev–Trinajstić information content (AvgIpc) is 3.69. The van der Waals surface area contributed by atoms with Crippen LogP contribution in [-0.4, -0.2) is 47.0 Å². The standard InChI is InChI=1S/C28H28N4O4S3/c33-24(29-20-11-13-21(14-12-20)39(35,36)31-15-4-5-16-31)18-37-28-30-26-25(22-9-6-10-23(22)38-26)27(34)32(28)17-19-7-2-1-3-8-19/h1-3,7-8,11-14H,4-6,9-10,15-18H2,(H,29,33). The molecule has 3 heterocycles. The predicted octanol–water partition coefficient (Wildman–Crippen LogP) is 4.51. The molecule has 1 N–H and O–H groups in total. The zero-order chi connectivity index (χ0) is 27.0. The van der Waals surface area contributed by atoms with Gasteiger partial charge in [-0.3, -0.25) is 14.2 Å². The molecular weight excluding hydrogens is 553 g/mol. The van der Waals surface area contributed by atoms with E-state index in [2.05, 4.69) is 5.32 Å². The van der Waals surface area contributed by atoms with Crippen molar-refractivity contribution in [2.45, 2.75) is 48.7 Å². The Labute approximate surface area is 235 Å². The number of amides is 1. The number of benzene rings is 2. The van der Waals surface area contributed by atoms with E-state index < -0.39 is 10.0 Å². The molecule has 1 aliphatic heterocycles. The van der Waals surface area contributed by atoms with Crippen molar-refractivity contribution in [1.82, 2.24) is 13.9 Å². The summed E-state index contributed by atoms with van der Waals surface area (Å²) in [5.41, 5.74) is 2.59. The smallest absolute Gasteiger partial charge is 0.263 e. The number of thioether (sulfide) groups is 1. The second kappa shape index (κ2) is 10.9. The van der Waals surface area contributed by atoms with Crippen molar-refractivity contribution in [1.29, 1.82) is 0 Å². The third kappa shape index (κ3) is 5.28. The molecule has 0 atom stereocenters. The number of sulfonamides is 1. The normalized spacial score (nSPS) is 15.6. The number of hydrogen-bond acceptors (Lipinski definition) is 7. The van der Waals surface area contributed by atoms with Gasteiger partial charge in [0.2, 0.25) is 15.9 Å². The molecule has 0 unspecified atom stereocenters. The Kier molecular flexibility index (Phi) is 7.32. The summed E-state index contributed by atoms with van der Waals surface area (Å²) in [6, 6.07) is 16.0. The Morgan fingerprint density at radius 1 is 1.00 bits per heavy atom. The first-order chi connectivity index (χ1) is 18.9. The molecule has 6 rings (SSSR count). The molecule has 11 heteroatoms. The van der Waals surface area contributed by atoms with Crippen LogP contribution in [0.2, 0.25) is 0 Å². The first kappa shape index (κ1) is 26.2. The first-order valence-electron chi connectivity index (χ1n) is 13.0. The molecular formula is C28H28N4O4S3. The van der Waals surface area contributed by atoms with E-state index in [0.29, 0.717) is 30.5 Å². The Morgan fingerprint density at radius 3 is 2.49 bits per heavy atom. The maximum absolute atomic E-state index is 13.7. The van der Waals surface area contributed by atoms with Gasteiger partial charge in [0.15, 0.2) is 5.16 Å². The van der Waals surface area contributed by atoms with Gasteiger partial charge in [0.25, 0.3) is 5.56 Å². The van der Waals surface area contributed by atoms with Crippen LogP contribution in [0.5, 0.6) is 0 Å². The molecule has 2 aliphatic rings. The molecule has 4 aromatic rings. The van der Waals surface area contributed by atoms with Crippen molar-refractivity contribution in [3.8, 4) is 0 Å². The zero-order valence-electron chi connectivity index (χ0n) is 21.3. The number of carbonyl (C=O) groups excluding carboxylic acids is 1. The molecule has 1 saturated heterocycles. The summed E-state index contributed by atoms with van der Waals surface area (Å²) in [5.74, 6) is -0.199. The van der Waals surface area contributed by atoms with Crippen LogP contribution in [0.3, 0.4) is 0 Å². The number of rotatable bonds is 8. The Hall–Kier alpha value is -2.99. The lowest BCUT2D eigenvalue weighted by atomic mass is 10.2. The van der Waals surface area contributed by atoms with Gasteiger partial charge < -0.3 is 5.32 Å². The monoisotopic (exact) mass is 580 g/mol. The van der Waals surface area contributed by atoms with E-state index in [1.807, 2.05) is 30.3 Å². The number of fused-ring (bicyclic) bond motifs is 3. The second-order valence-electron chi connectivity index (χ2n) is 9.78. The quantitative estimate of drug-likeness (QED) is 0.243. The number of nitrogens with one attached hydrogen (secondary N) is 1. The van der Waals surface area contributed by atoms with Crippen molar-refractivity contribution in [2.75, 3.05) is 24.2 Å². The summed E-state index contributed by atoms with van der Waals surface area (Å²) >= 11 is 2.82. The van der Waals surface area contributed by atoms with E-state index >= 15 is 0 Å². The lowest BCUT2D eigenvalue weighted by Crippen LogP contribution is -2.27. The summed E-state index contributed by atoms with van der Waals surface area (Å²) in [6.45, 7) is 1.47. The Balaban J connectivity index is 1.20. The largest absolute Gasteiger partial charge is 0.325 e. The highest BCUT2D eigenvalue weighted by atomic mass is 32.2. The highest BCUT2D eigenvalue weighted by molar-refractivity contribution is 7.99. The van der Waals surface area contributed by atoms with Crippen LogP contribution in [0.15, 0.2) is 69.4 Å². The molecule has 0 spiro atoms. The van der Waals surface area contributed by atoms with Gasteiger partial charge in [0.05, 0.1) is 22.6 Å². The number of aromatic nitrogens is 2. The highest BCUT2D eigenvalue weighted by Crippen LogP contribution is 2.35. The average molecular weight is 581 g/mol. The molecule has 39 heavy (non-hydrogen) atoms. The lowest BCUT2D eigenvalue weighted by Gasteiger charge is -2.15. The molecule has 1 fully saturated rings. The minimum absolute atomic E-state index is 0.0547. The van der Waals surface area contributed by atoms with Gasteiger partial charge >= 0.3 is 0 Å². The molecule has 8 nitrogen and oxygen atoms in total. The fraction of sp³-hybridized carbons (Fsp3) is 0.321. The van der Waals surface area contributed by atoms with E-state index in [9.17, 15) is 18.0 Å². The number of carbonyl (C=O) groups is 1. The number of aryl methyl sites for hydroxylation is 2. The van der Waals surface area contributed by atoms with Crippen LogP contribution in [0, 0.1) is 0 Å². The maximum atomic E-state index is 13.7. The lowest BCUT2D eigenvalue weighted by molar-refractivity contribution is -0.113. The number of anilines is 1. The third-order valence-electron chi connectivity index (χ3n) is 7.15. The van der Waals surface area contributed by atoms with Gasteiger partial charge in [-0.15, -0.1) is 11.3 Å². The van der Waals surface area contributed by atoms with Gasteiger partial charge in [0, 0.05) is 23.7 Å². The van der Waals surface area contributed by atoms with Gasteiger partial charge in [-0.05, 0) is 67.5 Å². The van der Waals surface area contributed by atoms with Crippen LogP contribution >= 0.6 is 23.1 Å². The van der Waals surface area contributed by atoms with E-state index in [0.717, 1.165) is 53.4 Å². The molecule has 1 amide bonds. The Morgan fingerprint density at radius 2 is 1.74 bits per heavy atom. The van der Waals surface area contributed by atoms with Gasteiger partial charge in [-0.2, -0.15) is 4.31 Å². The number of nitrogens with zero attached hydrogens (tertiary/aromatic N) is 3. The minimum atomic E-state index is -3.51. The van der Waals surface area contributed by atoms with E-state index in [4.69, 9.17) is 4.98 Å². The summed E-state index contributed by atoms with van der Waals surface area (Å²) in [6.07, 6.45) is 4.71. The molecule has 0 bridgehead atoms. The molecule has 2 aromatic carbocycles. The topological polar surface area (TPSA) is 101 Å². The molecule has 0 saturated carbocycles. The van der Waals surface area contributed by atoms with Crippen molar-refractivity contribution in [3.05, 3.63) is 81.0 Å². The summed E-state index contributed by atoms with van der Waals surface area (Å²) < 4.78 is 28.7. The van der Waals surface area contributed by atoms with Crippen molar-refractivity contribution in [2.24, 2.45) is 0 Å². The van der Waals surface area contributed by atoms with Crippen LogP contribution in [0.4, 0.5) is 5.69 Å². The molecule has 0 radical (unpaired) electrons. The fourth-order valence-corrected chi connectivity index (χ4v) is 8.81. The highest BCUT2D eigenvalue weighted by Gasteiger charge is 2.27. The van der Waals surface area contributed by atoms with Crippen molar-refractivity contribution < 1.29 is 13.2 Å². The minimum Gasteiger partial charge on any atom is -0.325 e. The number of thiophene rings is 1. The van der Waals surface area contributed by atoms with Crippen molar-refractivity contribution in [3.63, 3.8) is 0 Å². The SMILES string of the molecule is O=C(CSc1nc2sc3c(c2c(=O)n1Cc1ccccc1)CCC3)Nc1ccc(S(=O)(=O)N2CCCC2)cc1. The zero-order valence-corrected chi connectivity index (χ0v) is 23.7. The van der Waals surface area contributed by atoms with E-state index in [1.54, 1.807) is 28.0 Å². The molecule has 2 aromatic heterocycles. The van der Waals surface area contributed by atoms with Crippen LogP contribution in [-0.2, 0) is 34.2 Å². The van der Waals surface area contributed by atoms with Gasteiger partial charge in [0.1, 0.15) is 4.83 Å². The van der Waals surface area contributed by atoms with Crippen LogP contribution < -0.4 is 10.9 Å². The van der Waals surface area contributed by atoms with Crippen molar-refractivity contribution >= 4 is 54.9 Å². The molecule has 1 aliphatic carbocycles. The third-order valence-corrected chi connectivity index (χ3v) is 11.2. The fourth-order valence-electron chi connectivity index (χ4n) is 5.19. The van der Waals surface area contributed by atoms with Crippen LogP contribution in [0.25, 0.3) is 10.2 Å². The summed E-state index contributed by atoms with van der Waals surface area (Å²) in [4.78, 5) is 33.6. The summed E-state index contributed by atoms with van der Waals surface area (Å²) in [5, 5.41) is 4.07. The maximum Gasteiger partial charge on any atom is 0.263 e. The second-order valence-corrected chi connectivity index (χ2v) is 13.7. The Bertz CT molecular complexity index is 1690. The molecule has 202 valence electrons. The summed E-state index contributed by atoms with van der Waals surface area (Å²) in [7, 11) is -3.51. The van der Waals surface area contributed by atoms with Crippen LogP contribution in [0.1, 0.15) is 35.3 Å². The number of hydrogen-bond donors (Lipinski definition) is 1. The van der Waals surface area contributed by atoms with E-state index in [-0.39, 0.29) is 22.1 Å². The van der Waals surface area contributed by atoms with Gasteiger partial charge in [-0.25, -0.2) is 13.4 Å². The first-order valence-corrected chi connectivity index (χ1v) is 16.3. The van der Waals surface area contributed by atoms with E-state index in [1.165, 1.54) is 33.1 Å².